The number of ether oxygens (including phenoxy) is 3. The summed E-state index contributed by atoms with van der Waals surface area (Å²) in [5.74, 6) is 0.410. The van der Waals surface area contributed by atoms with Gasteiger partial charge in [-0.1, -0.05) is 0 Å². The summed E-state index contributed by atoms with van der Waals surface area (Å²) in [6.07, 6.45) is 3.07. The molecule has 2 saturated heterocycles. The number of carbonyl (C=O) groups is 1. The number of nitrogens with one attached hydrogen (secondary N) is 1. The van der Waals surface area contributed by atoms with Crippen molar-refractivity contribution in [1.29, 1.82) is 0 Å². The highest BCUT2D eigenvalue weighted by Crippen LogP contribution is 2.35. The van der Waals surface area contributed by atoms with Gasteiger partial charge in [0.1, 0.15) is 12.4 Å². The number of benzene rings is 1. The number of hydrogen-bond donors (Lipinski definition) is 1. The largest absolute Gasteiger partial charge is 0.497 e. The average Bonchev–Trinajstić information content (AvgIpc) is 3.15. The van der Waals surface area contributed by atoms with Crippen molar-refractivity contribution in [3.8, 4) is 5.75 Å². The third-order valence-electron chi connectivity index (χ3n) is 4.27. The van der Waals surface area contributed by atoms with E-state index in [9.17, 15) is 4.79 Å². The van der Waals surface area contributed by atoms with Gasteiger partial charge in [0.25, 0.3) is 0 Å². The summed E-state index contributed by atoms with van der Waals surface area (Å²) < 4.78 is 16.5. The molecule has 0 aromatic heterocycles. The predicted molar refractivity (Wildman–Crippen MR) is 77.6 cm³/mol. The smallest absolute Gasteiger partial charge is 0.338 e. The molecule has 2 atom stereocenters. The molecule has 2 aliphatic rings. The number of rotatable bonds is 4. The Morgan fingerprint density at radius 2 is 2.19 bits per heavy atom. The Morgan fingerprint density at radius 1 is 1.38 bits per heavy atom. The van der Waals surface area contributed by atoms with Gasteiger partial charge in [-0.25, -0.2) is 4.79 Å². The second-order valence-electron chi connectivity index (χ2n) is 5.72. The van der Waals surface area contributed by atoms with Crippen LogP contribution in [0.25, 0.3) is 0 Å². The summed E-state index contributed by atoms with van der Waals surface area (Å²) >= 11 is 0. The van der Waals surface area contributed by atoms with E-state index in [1.165, 1.54) is 0 Å². The fraction of sp³-hybridized carbons (Fsp3) is 0.562. The third-order valence-corrected chi connectivity index (χ3v) is 4.27. The maximum Gasteiger partial charge on any atom is 0.338 e. The monoisotopic (exact) mass is 291 g/mol. The lowest BCUT2D eigenvalue weighted by Gasteiger charge is -2.22. The van der Waals surface area contributed by atoms with E-state index in [0.29, 0.717) is 12.2 Å². The molecule has 0 bridgehead atoms. The highest BCUT2D eigenvalue weighted by atomic mass is 16.6. The number of hydrogen-bond acceptors (Lipinski definition) is 5. The van der Waals surface area contributed by atoms with Crippen molar-refractivity contribution < 1.29 is 19.0 Å². The van der Waals surface area contributed by atoms with Gasteiger partial charge in [-0.2, -0.15) is 0 Å². The Morgan fingerprint density at radius 3 is 2.86 bits per heavy atom. The van der Waals surface area contributed by atoms with Crippen LogP contribution in [0.2, 0.25) is 0 Å². The lowest BCUT2D eigenvalue weighted by molar-refractivity contribution is -0.0529. The van der Waals surface area contributed by atoms with Gasteiger partial charge >= 0.3 is 5.97 Å². The molecule has 1 aromatic carbocycles. The van der Waals surface area contributed by atoms with Crippen molar-refractivity contribution >= 4 is 5.97 Å². The summed E-state index contributed by atoms with van der Waals surface area (Å²) in [6, 6.07) is 6.92. The zero-order valence-electron chi connectivity index (χ0n) is 12.3. The molecule has 0 unspecified atom stereocenters. The van der Waals surface area contributed by atoms with Gasteiger partial charge in [-0.15, -0.1) is 0 Å². The zero-order valence-corrected chi connectivity index (χ0v) is 12.3. The molecule has 5 nitrogen and oxygen atoms in total. The molecule has 1 spiro atoms. The minimum Gasteiger partial charge on any atom is -0.497 e. The van der Waals surface area contributed by atoms with E-state index < -0.39 is 0 Å². The molecule has 1 aromatic rings. The first kappa shape index (κ1) is 14.4. The first-order valence-electron chi connectivity index (χ1n) is 7.40. The molecule has 0 aliphatic carbocycles. The van der Waals surface area contributed by atoms with E-state index in [1.807, 2.05) is 0 Å². The van der Waals surface area contributed by atoms with Gasteiger partial charge < -0.3 is 19.5 Å². The molecule has 114 valence electrons. The van der Waals surface area contributed by atoms with E-state index in [2.05, 4.69) is 5.32 Å². The van der Waals surface area contributed by atoms with Gasteiger partial charge in [0.15, 0.2) is 0 Å². The van der Waals surface area contributed by atoms with Gasteiger partial charge in [0, 0.05) is 6.54 Å². The van der Waals surface area contributed by atoms with Crippen LogP contribution in [0.4, 0.5) is 0 Å². The Bertz CT molecular complexity index is 494. The molecule has 0 amide bonds. The standard InChI is InChI=1S/C16H21NO4/c1-19-13-4-2-12(3-5-13)15(18)20-10-14-6-7-16(21-14)8-9-17-11-16/h2-5,14,17H,6-11H2,1H3/t14-,16+/m1/s1. The summed E-state index contributed by atoms with van der Waals surface area (Å²) in [4.78, 5) is 12.0. The van der Waals surface area contributed by atoms with Crippen LogP contribution >= 0.6 is 0 Å². The van der Waals surface area contributed by atoms with Crippen LogP contribution in [0.1, 0.15) is 29.6 Å². The molecule has 0 radical (unpaired) electrons. The van der Waals surface area contributed by atoms with Gasteiger partial charge in [0.05, 0.1) is 24.4 Å². The molecular weight excluding hydrogens is 270 g/mol. The molecule has 3 rings (SSSR count). The van der Waals surface area contributed by atoms with Crippen LogP contribution in [-0.2, 0) is 9.47 Å². The molecule has 5 heteroatoms. The fourth-order valence-electron chi connectivity index (χ4n) is 3.03. The van der Waals surface area contributed by atoms with E-state index in [0.717, 1.165) is 38.1 Å². The van der Waals surface area contributed by atoms with Crippen molar-refractivity contribution in [3.05, 3.63) is 29.8 Å². The summed E-state index contributed by atoms with van der Waals surface area (Å²) in [5.41, 5.74) is 0.517. The van der Waals surface area contributed by atoms with Crippen molar-refractivity contribution in [2.75, 3.05) is 26.8 Å². The quantitative estimate of drug-likeness (QED) is 0.857. The lowest BCUT2D eigenvalue weighted by Crippen LogP contribution is -2.32. The molecule has 2 heterocycles. The lowest BCUT2D eigenvalue weighted by atomic mass is 9.99. The van der Waals surface area contributed by atoms with Crippen molar-refractivity contribution in [1.82, 2.24) is 5.32 Å². The maximum atomic E-state index is 12.0. The normalized spacial score (nSPS) is 28.0. The molecule has 1 N–H and O–H groups in total. The van der Waals surface area contributed by atoms with Gasteiger partial charge in [-0.3, -0.25) is 0 Å². The number of methoxy groups -OCH3 is 1. The minimum atomic E-state index is -0.313. The van der Waals surface area contributed by atoms with Crippen LogP contribution < -0.4 is 10.1 Å². The Hall–Kier alpha value is -1.59. The molecule has 21 heavy (non-hydrogen) atoms. The van der Waals surface area contributed by atoms with Crippen LogP contribution in [0, 0.1) is 0 Å². The van der Waals surface area contributed by atoms with Gasteiger partial charge in [-0.05, 0) is 50.1 Å². The van der Waals surface area contributed by atoms with Crippen LogP contribution in [-0.4, -0.2) is 44.5 Å². The Balaban J connectivity index is 1.49. The van der Waals surface area contributed by atoms with E-state index in [1.54, 1.807) is 31.4 Å². The number of esters is 1. The average molecular weight is 291 g/mol. The minimum absolute atomic E-state index is 0.0167. The van der Waals surface area contributed by atoms with E-state index in [4.69, 9.17) is 14.2 Å². The zero-order chi connectivity index (χ0) is 14.7. The van der Waals surface area contributed by atoms with Crippen molar-refractivity contribution in [3.63, 3.8) is 0 Å². The number of carbonyl (C=O) groups excluding carboxylic acids is 1. The van der Waals surface area contributed by atoms with Crippen LogP contribution in [0.5, 0.6) is 5.75 Å². The van der Waals surface area contributed by atoms with Gasteiger partial charge in [0.2, 0.25) is 0 Å². The van der Waals surface area contributed by atoms with Crippen LogP contribution in [0.15, 0.2) is 24.3 Å². The second-order valence-corrected chi connectivity index (χ2v) is 5.72. The molecule has 0 saturated carbocycles. The molecule has 2 fully saturated rings. The van der Waals surface area contributed by atoms with Crippen LogP contribution in [0.3, 0.4) is 0 Å². The SMILES string of the molecule is COc1ccc(C(=O)OC[C@H]2CC[C@@]3(CCNC3)O2)cc1. The maximum absolute atomic E-state index is 12.0. The Kier molecular flexibility index (Phi) is 4.12. The Labute approximate surface area is 124 Å². The van der Waals surface area contributed by atoms with Crippen molar-refractivity contribution in [2.45, 2.75) is 31.0 Å². The predicted octanol–water partition coefficient (Wildman–Crippen LogP) is 1.76. The highest BCUT2D eigenvalue weighted by molar-refractivity contribution is 5.89. The molecule has 2 aliphatic heterocycles. The molecular formula is C16H21NO4. The second kappa shape index (κ2) is 6.03. The third kappa shape index (κ3) is 3.19. The van der Waals surface area contributed by atoms with E-state index in [-0.39, 0.29) is 17.7 Å². The highest BCUT2D eigenvalue weighted by Gasteiger charge is 2.42. The van der Waals surface area contributed by atoms with E-state index >= 15 is 0 Å². The summed E-state index contributed by atoms with van der Waals surface area (Å²) in [6.45, 7) is 2.25. The van der Waals surface area contributed by atoms with Crippen molar-refractivity contribution in [2.24, 2.45) is 0 Å². The summed E-state index contributed by atoms with van der Waals surface area (Å²) in [7, 11) is 1.60. The topological polar surface area (TPSA) is 56.8 Å². The first-order chi connectivity index (χ1) is 10.2. The fourth-order valence-corrected chi connectivity index (χ4v) is 3.03. The first-order valence-corrected chi connectivity index (χ1v) is 7.40. The summed E-state index contributed by atoms with van der Waals surface area (Å²) in [5, 5.41) is 3.33.